The van der Waals surface area contributed by atoms with Crippen LogP contribution < -0.4 is 5.32 Å². The summed E-state index contributed by atoms with van der Waals surface area (Å²) < 4.78 is 0. The van der Waals surface area contributed by atoms with Gasteiger partial charge in [-0.2, -0.15) is 11.8 Å². The molecule has 1 aliphatic heterocycles. The molecule has 2 amide bonds. The van der Waals surface area contributed by atoms with Gasteiger partial charge in [-0.25, -0.2) is 0 Å². The number of thioether (sulfide) groups is 1. The smallest absolute Gasteiger partial charge is 0.246 e. The minimum Gasteiger partial charge on any atom is -0.342 e. The van der Waals surface area contributed by atoms with Crippen LogP contribution in [-0.4, -0.2) is 46.8 Å². The van der Waals surface area contributed by atoms with Crippen LogP contribution in [0, 0.1) is 5.92 Å². The molecule has 1 saturated carbocycles. The third kappa shape index (κ3) is 2.62. The maximum Gasteiger partial charge on any atom is 0.246 e. The van der Waals surface area contributed by atoms with Crippen LogP contribution in [0.1, 0.15) is 39.5 Å². The molecule has 1 saturated heterocycles. The fourth-order valence-electron chi connectivity index (χ4n) is 2.97. The Labute approximate surface area is 119 Å². The molecule has 5 heteroatoms. The van der Waals surface area contributed by atoms with Gasteiger partial charge in [0.25, 0.3) is 0 Å². The molecule has 108 valence electrons. The van der Waals surface area contributed by atoms with Crippen molar-refractivity contribution in [3.05, 3.63) is 0 Å². The minimum atomic E-state index is -0.614. The van der Waals surface area contributed by atoms with Gasteiger partial charge in [0.15, 0.2) is 0 Å². The van der Waals surface area contributed by atoms with E-state index in [1.54, 1.807) is 11.8 Å². The second-order valence-electron chi connectivity index (χ2n) is 5.72. The fraction of sp³-hybridized carbons (Fsp3) is 0.857. The lowest BCUT2D eigenvalue weighted by Gasteiger charge is -2.46. The van der Waals surface area contributed by atoms with Gasteiger partial charge in [-0.1, -0.05) is 13.3 Å². The number of carbonyl (C=O) groups is 2. The number of rotatable bonds is 6. The zero-order valence-electron chi connectivity index (χ0n) is 12.1. The zero-order chi connectivity index (χ0) is 14.0. The molecule has 0 spiro atoms. The van der Waals surface area contributed by atoms with E-state index in [9.17, 15) is 9.59 Å². The second kappa shape index (κ2) is 5.73. The minimum absolute atomic E-state index is 0.0501. The van der Waals surface area contributed by atoms with Crippen LogP contribution in [0.15, 0.2) is 0 Å². The molecule has 2 aliphatic rings. The highest BCUT2D eigenvalue weighted by Crippen LogP contribution is 2.45. The average molecular weight is 284 g/mol. The van der Waals surface area contributed by atoms with Crippen molar-refractivity contribution in [2.75, 3.05) is 18.6 Å². The summed E-state index contributed by atoms with van der Waals surface area (Å²) in [6.45, 7) is 4.67. The quantitative estimate of drug-likeness (QED) is 0.807. The molecule has 19 heavy (non-hydrogen) atoms. The van der Waals surface area contributed by atoms with E-state index in [1.807, 2.05) is 25.0 Å². The van der Waals surface area contributed by atoms with E-state index in [-0.39, 0.29) is 17.9 Å². The number of piperazine rings is 1. The summed E-state index contributed by atoms with van der Waals surface area (Å²) in [5.74, 6) is 1.40. The van der Waals surface area contributed by atoms with E-state index in [1.165, 1.54) is 0 Å². The second-order valence-corrected chi connectivity index (χ2v) is 6.70. The Morgan fingerprint density at radius 3 is 2.63 bits per heavy atom. The molecular formula is C14H24N2O2S. The Balaban J connectivity index is 2.22. The van der Waals surface area contributed by atoms with Crippen molar-refractivity contribution in [2.24, 2.45) is 5.92 Å². The first-order valence-electron chi connectivity index (χ1n) is 7.17. The van der Waals surface area contributed by atoms with Crippen molar-refractivity contribution in [3.8, 4) is 0 Å². The van der Waals surface area contributed by atoms with Crippen LogP contribution in [-0.2, 0) is 9.59 Å². The first kappa shape index (κ1) is 14.7. The van der Waals surface area contributed by atoms with Crippen molar-refractivity contribution in [3.63, 3.8) is 0 Å². The van der Waals surface area contributed by atoms with Crippen molar-refractivity contribution < 1.29 is 9.59 Å². The number of nitrogens with one attached hydrogen (secondary N) is 1. The lowest BCUT2D eigenvalue weighted by molar-refractivity contribution is -0.157. The molecule has 2 rings (SSSR count). The van der Waals surface area contributed by atoms with E-state index in [0.717, 1.165) is 31.4 Å². The Morgan fingerprint density at radius 1 is 1.42 bits per heavy atom. The van der Waals surface area contributed by atoms with Gasteiger partial charge < -0.3 is 10.2 Å². The fourth-order valence-corrected chi connectivity index (χ4v) is 3.33. The maximum absolute atomic E-state index is 12.6. The molecule has 0 aromatic heterocycles. The van der Waals surface area contributed by atoms with Gasteiger partial charge in [-0.05, 0) is 38.4 Å². The lowest BCUT2D eigenvalue weighted by Crippen LogP contribution is -2.70. The van der Waals surface area contributed by atoms with Crippen LogP contribution in [0.25, 0.3) is 0 Å². The van der Waals surface area contributed by atoms with E-state index in [4.69, 9.17) is 0 Å². The van der Waals surface area contributed by atoms with E-state index >= 15 is 0 Å². The normalized spacial score (nSPS) is 31.5. The van der Waals surface area contributed by atoms with Gasteiger partial charge in [0.1, 0.15) is 11.6 Å². The first-order chi connectivity index (χ1) is 9.05. The molecule has 1 aliphatic carbocycles. The summed E-state index contributed by atoms with van der Waals surface area (Å²) in [5.41, 5.74) is -0.614. The van der Waals surface area contributed by atoms with Crippen LogP contribution >= 0.6 is 11.8 Å². The van der Waals surface area contributed by atoms with Crippen LogP contribution in [0.5, 0.6) is 0 Å². The monoisotopic (exact) mass is 284 g/mol. The molecule has 2 unspecified atom stereocenters. The highest BCUT2D eigenvalue weighted by molar-refractivity contribution is 7.98. The average Bonchev–Trinajstić information content (AvgIpc) is 3.20. The lowest BCUT2D eigenvalue weighted by atomic mass is 9.87. The first-order valence-corrected chi connectivity index (χ1v) is 8.56. The molecule has 0 aromatic rings. The number of nitrogens with zero attached hydrogens (tertiary/aromatic N) is 1. The van der Waals surface area contributed by atoms with Gasteiger partial charge in [0, 0.05) is 12.3 Å². The van der Waals surface area contributed by atoms with Crippen LogP contribution in [0.2, 0.25) is 0 Å². The van der Waals surface area contributed by atoms with Gasteiger partial charge in [-0.15, -0.1) is 0 Å². The van der Waals surface area contributed by atoms with Gasteiger partial charge >= 0.3 is 0 Å². The summed E-state index contributed by atoms with van der Waals surface area (Å²) in [6, 6.07) is -0.314. The predicted octanol–water partition coefficient (Wildman–Crippen LogP) is 1.65. The highest BCUT2D eigenvalue weighted by atomic mass is 32.2. The Kier molecular flexibility index (Phi) is 4.43. The van der Waals surface area contributed by atoms with Crippen molar-refractivity contribution >= 4 is 23.6 Å². The van der Waals surface area contributed by atoms with Crippen molar-refractivity contribution in [1.29, 1.82) is 0 Å². The van der Waals surface area contributed by atoms with Gasteiger partial charge in [-0.3, -0.25) is 9.59 Å². The predicted molar refractivity (Wildman–Crippen MR) is 78.1 cm³/mol. The molecule has 0 aromatic carbocycles. The van der Waals surface area contributed by atoms with Crippen LogP contribution in [0.3, 0.4) is 0 Å². The highest BCUT2D eigenvalue weighted by Gasteiger charge is 2.56. The summed E-state index contributed by atoms with van der Waals surface area (Å²) in [5, 5.41) is 2.95. The van der Waals surface area contributed by atoms with Crippen molar-refractivity contribution in [2.45, 2.75) is 51.1 Å². The molecule has 0 radical (unpaired) electrons. The summed E-state index contributed by atoms with van der Waals surface area (Å²) in [7, 11) is 0. The third-order valence-corrected chi connectivity index (χ3v) is 4.95. The molecule has 1 heterocycles. The summed E-state index contributed by atoms with van der Waals surface area (Å²) in [6.07, 6.45) is 5.80. The SMILES string of the molecule is CCCC1NC(=O)C(C)(C2CC2)N(CCSC)C1=O. The number of amides is 2. The van der Waals surface area contributed by atoms with Gasteiger partial charge in [0.05, 0.1) is 0 Å². The summed E-state index contributed by atoms with van der Waals surface area (Å²) in [4.78, 5) is 27.0. The number of hydrogen-bond donors (Lipinski definition) is 1. The van der Waals surface area contributed by atoms with E-state index in [2.05, 4.69) is 5.32 Å². The molecular weight excluding hydrogens is 260 g/mol. The standard InChI is InChI=1S/C14H24N2O2S/c1-4-5-11-12(17)16(8-9-19-3)14(2,10-6-7-10)13(18)15-11/h10-11H,4-9H2,1-3H3,(H,15,18). The summed E-state index contributed by atoms with van der Waals surface area (Å²) >= 11 is 1.72. The van der Waals surface area contributed by atoms with E-state index < -0.39 is 5.54 Å². The zero-order valence-corrected chi connectivity index (χ0v) is 12.9. The van der Waals surface area contributed by atoms with Crippen molar-refractivity contribution in [1.82, 2.24) is 10.2 Å². The molecule has 4 nitrogen and oxygen atoms in total. The Morgan fingerprint density at radius 2 is 2.11 bits per heavy atom. The largest absolute Gasteiger partial charge is 0.342 e. The number of hydrogen-bond acceptors (Lipinski definition) is 3. The molecule has 2 fully saturated rings. The maximum atomic E-state index is 12.6. The Hall–Kier alpha value is -0.710. The molecule has 2 atom stereocenters. The van der Waals surface area contributed by atoms with Crippen LogP contribution in [0.4, 0.5) is 0 Å². The third-order valence-electron chi connectivity index (χ3n) is 4.36. The Bertz CT molecular complexity index is 370. The topological polar surface area (TPSA) is 49.4 Å². The molecule has 1 N–H and O–H groups in total. The van der Waals surface area contributed by atoms with Gasteiger partial charge in [0.2, 0.25) is 11.8 Å². The van der Waals surface area contributed by atoms with E-state index in [0.29, 0.717) is 12.5 Å². The number of carbonyl (C=O) groups excluding carboxylic acids is 2. The molecule has 0 bridgehead atoms.